The van der Waals surface area contributed by atoms with Crippen molar-refractivity contribution in [1.82, 2.24) is 20.5 Å². The molecule has 0 saturated carbocycles. The lowest BCUT2D eigenvalue weighted by atomic mass is 10.3. The Bertz CT molecular complexity index is 532. The van der Waals surface area contributed by atoms with Crippen LogP contribution in [-0.2, 0) is 6.42 Å². The minimum Gasteiger partial charge on any atom is -0.419 e. The van der Waals surface area contributed by atoms with Gasteiger partial charge in [-0.15, -0.1) is 10.2 Å². The molecule has 0 radical (unpaired) electrons. The van der Waals surface area contributed by atoms with E-state index < -0.39 is 0 Å². The van der Waals surface area contributed by atoms with Gasteiger partial charge in [0.1, 0.15) is 5.69 Å². The summed E-state index contributed by atoms with van der Waals surface area (Å²) >= 11 is 0. The number of rotatable bonds is 5. The van der Waals surface area contributed by atoms with Crippen LogP contribution in [0.15, 0.2) is 27.4 Å². The summed E-state index contributed by atoms with van der Waals surface area (Å²) in [7, 11) is 1.90. The number of nitrogens with zero attached hydrogens (tertiary/aromatic N) is 2. The van der Waals surface area contributed by atoms with Gasteiger partial charge in [-0.05, 0) is 26.1 Å². The lowest BCUT2D eigenvalue weighted by Crippen LogP contribution is -2.08. The Labute approximate surface area is 98.1 Å². The van der Waals surface area contributed by atoms with Crippen LogP contribution in [0.5, 0.6) is 0 Å². The Hall–Kier alpha value is -1.95. The Morgan fingerprint density at radius 1 is 1.41 bits per heavy atom. The van der Waals surface area contributed by atoms with E-state index >= 15 is 0 Å². The van der Waals surface area contributed by atoms with Gasteiger partial charge in [0.15, 0.2) is 0 Å². The van der Waals surface area contributed by atoms with Crippen molar-refractivity contribution in [2.75, 3.05) is 13.6 Å². The second kappa shape index (κ2) is 5.40. The lowest BCUT2D eigenvalue weighted by molar-refractivity contribution is 0.493. The first-order valence-electron chi connectivity index (χ1n) is 5.46. The first-order valence-corrected chi connectivity index (χ1v) is 5.46. The van der Waals surface area contributed by atoms with Crippen LogP contribution in [0.4, 0.5) is 0 Å². The summed E-state index contributed by atoms with van der Waals surface area (Å²) in [6.07, 6.45) is 1.66. The first kappa shape index (κ1) is 11.5. The zero-order chi connectivity index (χ0) is 12.1. The molecule has 2 rings (SSSR count). The third-order valence-corrected chi connectivity index (χ3v) is 2.28. The number of hydrogen-bond donors (Lipinski definition) is 2. The fourth-order valence-corrected chi connectivity index (χ4v) is 1.45. The van der Waals surface area contributed by atoms with Crippen molar-refractivity contribution < 1.29 is 4.42 Å². The Balaban J connectivity index is 2.10. The van der Waals surface area contributed by atoms with E-state index in [0.717, 1.165) is 19.4 Å². The fourth-order valence-electron chi connectivity index (χ4n) is 1.45. The van der Waals surface area contributed by atoms with Gasteiger partial charge in [0.25, 0.3) is 5.89 Å². The van der Waals surface area contributed by atoms with Gasteiger partial charge < -0.3 is 14.7 Å². The SMILES string of the molecule is CNCCCc1nnc(-c2cccc(=O)[nH]2)o1. The summed E-state index contributed by atoms with van der Waals surface area (Å²) in [5, 5.41) is 10.9. The van der Waals surface area contributed by atoms with Crippen LogP contribution in [-0.4, -0.2) is 28.8 Å². The number of nitrogens with one attached hydrogen (secondary N) is 2. The van der Waals surface area contributed by atoms with Crippen LogP contribution in [0.3, 0.4) is 0 Å². The highest BCUT2D eigenvalue weighted by Gasteiger charge is 2.08. The van der Waals surface area contributed by atoms with E-state index in [2.05, 4.69) is 20.5 Å². The Morgan fingerprint density at radius 2 is 2.29 bits per heavy atom. The van der Waals surface area contributed by atoms with E-state index in [4.69, 9.17) is 4.42 Å². The average Bonchev–Trinajstić information content (AvgIpc) is 2.78. The molecule has 0 aromatic carbocycles. The molecular weight excluding hydrogens is 220 g/mol. The van der Waals surface area contributed by atoms with Crippen molar-refractivity contribution in [2.45, 2.75) is 12.8 Å². The van der Waals surface area contributed by atoms with E-state index in [9.17, 15) is 4.79 Å². The zero-order valence-corrected chi connectivity index (χ0v) is 9.56. The summed E-state index contributed by atoms with van der Waals surface area (Å²) in [5.41, 5.74) is 0.363. The minimum absolute atomic E-state index is 0.183. The summed E-state index contributed by atoms with van der Waals surface area (Å²) < 4.78 is 5.45. The van der Waals surface area contributed by atoms with Gasteiger partial charge in [-0.25, -0.2) is 0 Å². The van der Waals surface area contributed by atoms with E-state index in [1.165, 1.54) is 6.07 Å². The lowest BCUT2D eigenvalue weighted by Gasteiger charge is -1.95. The van der Waals surface area contributed by atoms with E-state index in [-0.39, 0.29) is 5.56 Å². The fraction of sp³-hybridized carbons (Fsp3) is 0.364. The molecule has 0 saturated heterocycles. The van der Waals surface area contributed by atoms with Crippen LogP contribution >= 0.6 is 0 Å². The molecule has 90 valence electrons. The number of pyridine rings is 1. The van der Waals surface area contributed by atoms with E-state index in [1.54, 1.807) is 12.1 Å². The molecule has 2 aromatic rings. The molecule has 0 aliphatic carbocycles. The molecule has 2 aromatic heterocycles. The van der Waals surface area contributed by atoms with Crippen LogP contribution in [0, 0.1) is 0 Å². The maximum absolute atomic E-state index is 11.1. The quantitative estimate of drug-likeness (QED) is 0.739. The highest BCUT2D eigenvalue weighted by molar-refractivity contribution is 5.44. The zero-order valence-electron chi connectivity index (χ0n) is 9.56. The van der Waals surface area contributed by atoms with Crippen LogP contribution in [0.2, 0.25) is 0 Å². The molecule has 17 heavy (non-hydrogen) atoms. The summed E-state index contributed by atoms with van der Waals surface area (Å²) in [6.45, 7) is 0.903. The van der Waals surface area contributed by atoms with Crippen molar-refractivity contribution in [3.05, 3.63) is 34.4 Å². The second-order valence-corrected chi connectivity index (χ2v) is 3.64. The standard InChI is InChI=1S/C11H14N4O2/c1-12-7-3-6-10-14-15-11(17-10)8-4-2-5-9(16)13-8/h2,4-5,12H,3,6-7H2,1H3,(H,13,16). The van der Waals surface area contributed by atoms with Crippen LogP contribution < -0.4 is 10.9 Å². The molecule has 0 fully saturated rings. The normalized spacial score (nSPS) is 10.6. The highest BCUT2D eigenvalue weighted by Crippen LogP contribution is 2.13. The van der Waals surface area contributed by atoms with Gasteiger partial charge in [-0.2, -0.15) is 0 Å². The van der Waals surface area contributed by atoms with E-state index in [0.29, 0.717) is 17.5 Å². The van der Waals surface area contributed by atoms with Gasteiger partial charge in [0, 0.05) is 12.5 Å². The highest BCUT2D eigenvalue weighted by atomic mass is 16.4. The molecule has 0 aliphatic heterocycles. The predicted molar refractivity (Wildman–Crippen MR) is 62.6 cm³/mol. The molecule has 0 atom stereocenters. The molecule has 6 nitrogen and oxygen atoms in total. The monoisotopic (exact) mass is 234 g/mol. The summed E-state index contributed by atoms with van der Waals surface area (Å²) in [4.78, 5) is 13.8. The van der Waals surface area contributed by atoms with Gasteiger partial charge in [0.05, 0.1) is 0 Å². The number of hydrogen-bond acceptors (Lipinski definition) is 5. The number of aromatic amines is 1. The number of aromatic nitrogens is 3. The molecule has 0 aliphatic rings. The van der Waals surface area contributed by atoms with Crippen molar-refractivity contribution in [3.63, 3.8) is 0 Å². The molecule has 0 unspecified atom stereocenters. The van der Waals surface area contributed by atoms with Gasteiger partial charge in [-0.3, -0.25) is 4.79 Å². The van der Waals surface area contributed by atoms with Gasteiger partial charge in [-0.1, -0.05) is 6.07 Å². The van der Waals surface area contributed by atoms with Gasteiger partial charge in [0.2, 0.25) is 11.4 Å². The maximum atomic E-state index is 11.1. The molecule has 2 N–H and O–H groups in total. The number of H-pyrrole nitrogens is 1. The summed E-state index contributed by atoms with van der Waals surface area (Å²) in [6, 6.07) is 4.82. The molecule has 2 heterocycles. The van der Waals surface area contributed by atoms with Gasteiger partial charge >= 0.3 is 0 Å². The minimum atomic E-state index is -0.183. The third kappa shape index (κ3) is 3.01. The average molecular weight is 234 g/mol. The molecular formula is C11H14N4O2. The first-order chi connectivity index (χ1) is 8.29. The van der Waals surface area contributed by atoms with Crippen molar-refractivity contribution >= 4 is 0 Å². The number of aryl methyl sites for hydroxylation is 1. The molecule has 0 amide bonds. The smallest absolute Gasteiger partial charge is 0.264 e. The Kier molecular flexibility index (Phi) is 3.66. The molecule has 0 bridgehead atoms. The topological polar surface area (TPSA) is 83.8 Å². The Morgan fingerprint density at radius 3 is 3.06 bits per heavy atom. The van der Waals surface area contributed by atoms with Crippen LogP contribution in [0.1, 0.15) is 12.3 Å². The largest absolute Gasteiger partial charge is 0.419 e. The van der Waals surface area contributed by atoms with Crippen molar-refractivity contribution in [1.29, 1.82) is 0 Å². The second-order valence-electron chi connectivity index (χ2n) is 3.64. The van der Waals surface area contributed by atoms with Crippen molar-refractivity contribution in [2.24, 2.45) is 0 Å². The predicted octanol–water partition coefficient (Wildman–Crippen LogP) is 0.577. The maximum Gasteiger partial charge on any atom is 0.264 e. The molecule has 6 heteroatoms. The summed E-state index contributed by atoms with van der Waals surface area (Å²) in [5.74, 6) is 0.933. The molecule has 0 spiro atoms. The van der Waals surface area contributed by atoms with Crippen LogP contribution in [0.25, 0.3) is 11.6 Å². The van der Waals surface area contributed by atoms with E-state index in [1.807, 2.05) is 7.05 Å². The third-order valence-electron chi connectivity index (χ3n) is 2.28. The van der Waals surface area contributed by atoms with Crippen molar-refractivity contribution in [3.8, 4) is 11.6 Å².